The Kier molecular flexibility index (Phi) is 5.82. The lowest BCUT2D eigenvalue weighted by atomic mass is 9.95. The molecule has 0 saturated carbocycles. The van der Waals surface area contributed by atoms with Crippen molar-refractivity contribution < 1.29 is 9.18 Å². The van der Waals surface area contributed by atoms with Gasteiger partial charge in [-0.2, -0.15) is 9.61 Å². The Bertz CT molecular complexity index is 1250. The third-order valence-electron chi connectivity index (χ3n) is 7.83. The Hall–Kier alpha value is -3.16. The number of hydrogen-bond donors (Lipinski definition) is 0. The van der Waals surface area contributed by atoms with Gasteiger partial charge >= 0.3 is 0 Å². The van der Waals surface area contributed by atoms with E-state index >= 15 is 0 Å². The molecule has 184 valence electrons. The van der Waals surface area contributed by atoms with Gasteiger partial charge in [-0.1, -0.05) is 12.5 Å². The molecule has 0 N–H and O–H groups in total. The average Bonchev–Trinajstić information content (AvgIpc) is 3.26. The van der Waals surface area contributed by atoms with Crippen LogP contribution in [-0.4, -0.2) is 58.6 Å². The van der Waals surface area contributed by atoms with Crippen LogP contribution in [0.15, 0.2) is 30.3 Å². The minimum Gasteiger partial charge on any atom is -0.359 e. The molecule has 1 amide bonds. The predicted octanol–water partition coefficient (Wildman–Crippen LogP) is 4.61. The van der Waals surface area contributed by atoms with Gasteiger partial charge in [-0.05, 0) is 62.6 Å². The van der Waals surface area contributed by atoms with Crippen LogP contribution in [0.4, 0.5) is 16.0 Å². The third kappa shape index (κ3) is 4.13. The standard InChI is InChI=1S/C27H33FN6O/c1-31-12-5-2-3-8-19-10-11-20(28)16-21(19)27(35)33-15-6-4-9-23(33)22-17-25-29-24(32-13-7-14-32)18-26(31)34(25)30-22/h10-11,16-18,23H,2-9,12-15H2,1H3/t23-/m0/s1. The number of fused-ring (bicyclic) bond motifs is 4. The summed E-state index contributed by atoms with van der Waals surface area (Å²) in [6.45, 7) is 3.65. The van der Waals surface area contributed by atoms with Crippen LogP contribution in [0.25, 0.3) is 5.65 Å². The second-order valence-electron chi connectivity index (χ2n) is 10.2. The van der Waals surface area contributed by atoms with Gasteiger partial charge in [0.1, 0.15) is 17.5 Å². The summed E-state index contributed by atoms with van der Waals surface area (Å²) in [5.74, 6) is 1.60. The Labute approximate surface area is 205 Å². The number of anilines is 2. The first-order chi connectivity index (χ1) is 17.1. The molecule has 2 fully saturated rings. The number of aromatic nitrogens is 3. The van der Waals surface area contributed by atoms with Gasteiger partial charge in [0.25, 0.3) is 5.91 Å². The molecule has 2 aromatic heterocycles. The maximum Gasteiger partial charge on any atom is 0.254 e. The highest BCUT2D eigenvalue weighted by molar-refractivity contribution is 5.96. The summed E-state index contributed by atoms with van der Waals surface area (Å²) < 4.78 is 16.2. The molecule has 0 radical (unpaired) electrons. The molecule has 0 spiro atoms. The van der Waals surface area contributed by atoms with Crippen LogP contribution >= 0.6 is 0 Å². The maximum atomic E-state index is 14.3. The largest absolute Gasteiger partial charge is 0.359 e. The van der Waals surface area contributed by atoms with E-state index in [-0.39, 0.29) is 17.8 Å². The molecule has 8 heteroatoms. The summed E-state index contributed by atoms with van der Waals surface area (Å²) in [6, 6.07) is 8.78. The van der Waals surface area contributed by atoms with Crippen molar-refractivity contribution in [3.63, 3.8) is 0 Å². The summed E-state index contributed by atoms with van der Waals surface area (Å²) >= 11 is 0. The molecule has 7 nitrogen and oxygen atoms in total. The molecule has 2 saturated heterocycles. The number of piperidine rings is 1. The second-order valence-corrected chi connectivity index (χ2v) is 10.2. The molecular weight excluding hydrogens is 443 g/mol. The second kappa shape index (κ2) is 9.13. The lowest BCUT2D eigenvalue weighted by Gasteiger charge is -2.35. The minimum absolute atomic E-state index is 0.0808. The van der Waals surface area contributed by atoms with Gasteiger partial charge < -0.3 is 14.7 Å². The highest BCUT2D eigenvalue weighted by atomic mass is 19.1. The lowest BCUT2D eigenvalue weighted by molar-refractivity contribution is 0.0604. The first-order valence-corrected chi connectivity index (χ1v) is 13.0. The molecular formula is C27H33FN6O. The predicted molar refractivity (Wildman–Crippen MR) is 135 cm³/mol. The topological polar surface area (TPSA) is 57.0 Å². The number of benzene rings is 1. The summed E-state index contributed by atoms with van der Waals surface area (Å²) in [4.78, 5) is 25.3. The van der Waals surface area contributed by atoms with Crippen LogP contribution in [0.5, 0.6) is 0 Å². The van der Waals surface area contributed by atoms with Crippen LogP contribution in [0.1, 0.15) is 72.6 Å². The molecule has 3 aliphatic heterocycles. The Balaban J connectivity index is 1.47. The van der Waals surface area contributed by atoms with Gasteiger partial charge in [-0.25, -0.2) is 9.37 Å². The monoisotopic (exact) mass is 476 g/mol. The van der Waals surface area contributed by atoms with Crippen LogP contribution < -0.4 is 9.80 Å². The third-order valence-corrected chi connectivity index (χ3v) is 7.83. The van der Waals surface area contributed by atoms with E-state index in [0.717, 1.165) is 93.1 Å². The van der Waals surface area contributed by atoms with E-state index in [1.54, 1.807) is 6.07 Å². The normalized spacial score (nSPS) is 21.4. The highest BCUT2D eigenvalue weighted by Gasteiger charge is 2.32. The first-order valence-electron chi connectivity index (χ1n) is 13.0. The minimum atomic E-state index is -0.356. The summed E-state index contributed by atoms with van der Waals surface area (Å²) in [7, 11) is 2.13. The van der Waals surface area contributed by atoms with E-state index in [1.807, 2.05) is 9.42 Å². The molecule has 6 rings (SSSR count). The molecule has 3 aromatic rings. The van der Waals surface area contributed by atoms with E-state index in [1.165, 1.54) is 18.6 Å². The zero-order valence-electron chi connectivity index (χ0n) is 20.4. The van der Waals surface area contributed by atoms with E-state index in [9.17, 15) is 9.18 Å². The number of halogens is 1. The van der Waals surface area contributed by atoms with Crippen LogP contribution in [0.2, 0.25) is 0 Å². The van der Waals surface area contributed by atoms with Gasteiger partial charge in [0, 0.05) is 50.9 Å². The van der Waals surface area contributed by atoms with Crippen LogP contribution in [-0.2, 0) is 6.42 Å². The number of hydrogen-bond acceptors (Lipinski definition) is 5. The fourth-order valence-corrected chi connectivity index (χ4v) is 5.66. The molecule has 35 heavy (non-hydrogen) atoms. The Morgan fingerprint density at radius 1 is 0.943 bits per heavy atom. The van der Waals surface area contributed by atoms with Crippen molar-refractivity contribution in [2.45, 2.75) is 57.4 Å². The van der Waals surface area contributed by atoms with Crippen LogP contribution in [0, 0.1) is 5.82 Å². The fraction of sp³-hybridized carbons (Fsp3) is 0.519. The Morgan fingerprint density at radius 3 is 2.63 bits per heavy atom. The maximum absolute atomic E-state index is 14.3. The van der Waals surface area contributed by atoms with Gasteiger partial charge in [-0.3, -0.25) is 4.79 Å². The number of amides is 1. The number of nitrogens with zero attached hydrogens (tertiary/aromatic N) is 6. The summed E-state index contributed by atoms with van der Waals surface area (Å²) in [5.41, 5.74) is 3.14. The van der Waals surface area contributed by atoms with Crippen molar-refractivity contribution in [3.8, 4) is 0 Å². The van der Waals surface area contributed by atoms with E-state index in [4.69, 9.17) is 10.1 Å². The average molecular weight is 477 g/mol. The van der Waals surface area contributed by atoms with Crippen LogP contribution in [0.3, 0.4) is 0 Å². The number of aryl methyl sites for hydroxylation is 1. The number of carbonyl (C=O) groups is 1. The number of carbonyl (C=O) groups excluding carboxylic acids is 1. The molecule has 0 aliphatic carbocycles. The van der Waals surface area contributed by atoms with E-state index in [2.05, 4.69) is 29.0 Å². The highest BCUT2D eigenvalue weighted by Crippen LogP contribution is 2.34. The quantitative estimate of drug-likeness (QED) is 0.514. The molecule has 1 aromatic carbocycles. The van der Waals surface area contributed by atoms with Crippen molar-refractivity contribution >= 4 is 23.2 Å². The van der Waals surface area contributed by atoms with Crippen molar-refractivity contribution in [2.24, 2.45) is 0 Å². The zero-order valence-corrected chi connectivity index (χ0v) is 20.4. The Morgan fingerprint density at radius 2 is 1.80 bits per heavy atom. The lowest BCUT2D eigenvalue weighted by Crippen LogP contribution is -2.39. The molecule has 1 atom stereocenters. The molecule has 3 aliphatic rings. The SMILES string of the molecule is CN1CCCCCc2ccc(F)cc2C(=O)N2CCCC[C@H]2c2cc3nc(N4CCC4)cc1n3n2. The molecule has 2 bridgehead atoms. The summed E-state index contributed by atoms with van der Waals surface area (Å²) in [6.07, 6.45) is 7.87. The smallest absolute Gasteiger partial charge is 0.254 e. The van der Waals surface area contributed by atoms with Crippen molar-refractivity contribution in [1.82, 2.24) is 19.5 Å². The first kappa shape index (κ1) is 22.3. The summed E-state index contributed by atoms with van der Waals surface area (Å²) in [5, 5.41) is 5.02. The zero-order chi connectivity index (χ0) is 23.9. The van der Waals surface area contributed by atoms with E-state index in [0.29, 0.717) is 12.1 Å². The van der Waals surface area contributed by atoms with Gasteiger partial charge in [0.15, 0.2) is 5.65 Å². The van der Waals surface area contributed by atoms with Gasteiger partial charge in [0.05, 0.1) is 11.7 Å². The molecule has 0 unspecified atom stereocenters. The fourth-order valence-electron chi connectivity index (χ4n) is 5.66. The van der Waals surface area contributed by atoms with Crippen molar-refractivity contribution in [1.29, 1.82) is 0 Å². The molecule has 5 heterocycles. The van der Waals surface area contributed by atoms with Crippen molar-refractivity contribution in [2.75, 3.05) is 43.0 Å². The van der Waals surface area contributed by atoms with E-state index < -0.39 is 0 Å². The number of rotatable bonds is 1. The van der Waals surface area contributed by atoms with Gasteiger partial charge in [0.2, 0.25) is 0 Å². The van der Waals surface area contributed by atoms with Gasteiger partial charge in [-0.15, -0.1) is 0 Å². The van der Waals surface area contributed by atoms with Crippen molar-refractivity contribution in [3.05, 3.63) is 53.0 Å².